The molecule has 0 aliphatic rings. The zero-order valence-corrected chi connectivity index (χ0v) is 15.5. The van der Waals surface area contributed by atoms with Gasteiger partial charge in [0.2, 0.25) is 11.0 Å². The number of nitrogens with zero attached hydrogens (tertiary/aromatic N) is 2. The van der Waals surface area contributed by atoms with Crippen molar-refractivity contribution in [3.05, 3.63) is 29.3 Å². The molecular weight excluding hydrogens is 328 g/mol. The molecule has 7 heteroatoms. The van der Waals surface area contributed by atoms with E-state index in [-0.39, 0.29) is 11.9 Å². The van der Waals surface area contributed by atoms with Gasteiger partial charge in [-0.15, -0.1) is 10.2 Å². The summed E-state index contributed by atoms with van der Waals surface area (Å²) in [5, 5.41) is 15.2. The van der Waals surface area contributed by atoms with Crippen molar-refractivity contribution in [1.29, 1.82) is 0 Å². The minimum absolute atomic E-state index is 0.0308. The lowest BCUT2D eigenvalue weighted by atomic mass is 10.1. The van der Waals surface area contributed by atoms with E-state index in [4.69, 9.17) is 0 Å². The Hall–Kier alpha value is -1.60. The Balaban J connectivity index is 1.88. The Bertz CT molecular complexity index is 672. The van der Waals surface area contributed by atoms with Gasteiger partial charge in [-0.25, -0.2) is 0 Å². The fourth-order valence-corrected chi connectivity index (χ4v) is 3.39. The molecule has 124 valence electrons. The molecule has 1 heterocycles. The SMILES string of the molecule is CCC(C)NC(=O)CSc1nnc(Nc2ccc(C)c(C)c2)s1. The summed E-state index contributed by atoms with van der Waals surface area (Å²) >= 11 is 2.86. The third kappa shape index (κ3) is 5.51. The quantitative estimate of drug-likeness (QED) is 0.741. The molecule has 23 heavy (non-hydrogen) atoms. The van der Waals surface area contributed by atoms with Gasteiger partial charge in [-0.2, -0.15) is 0 Å². The van der Waals surface area contributed by atoms with E-state index in [0.717, 1.165) is 21.6 Å². The number of amides is 1. The van der Waals surface area contributed by atoms with Crippen LogP contribution >= 0.6 is 23.1 Å². The van der Waals surface area contributed by atoms with Gasteiger partial charge in [0.15, 0.2) is 4.34 Å². The lowest BCUT2D eigenvalue weighted by molar-refractivity contribution is -0.119. The summed E-state index contributed by atoms with van der Waals surface area (Å²) in [6.45, 7) is 8.22. The minimum Gasteiger partial charge on any atom is -0.353 e. The molecule has 2 rings (SSSR count). The van der Waals surface area contributed by atoms with E-state index in [1.807, 2.05) is 19.9 Å². The Morgan fingerprint density at radius 1 is 1.30 bits per heavy atom. The number of hydrogen-bond donors (Lipinski definition) is 2. The summed E-state index contributed by atoms with van der Waals surface area (Å²) in [6, 6.07) is 6.40. The fraction of sp³-hybridized carbons (Fsp3) is 0.438. The summed E-state index contributed by atoms with van der Waals surface area (Å²) < 4.78 is 0.788. The van der Waals surface area contributed by atoms with Crippen molar-refractivity contribution in [2.24, 2.45) is 0 Å². The molecule has 2 aromatic rings. The van der Waals surface area contributed by atoms with E-state index in [0.29, 0.717) is 5.75 Å². The first kappa shape index (κ1) is 17.7. The van der Waals surface area contributed by atoms with Crippen LogP contribution in [0, 0.1) is 13.8 Å². The largest absolute Gasteiger partial charge is 0.353 e. The molecule has 5 nitrogen and oxygen atoms in total. The number of benzene rings is 1. The maximum absolute atomic E-state index is 11.8. The molecule has 0 aliphatic carbocycles. The third-order valence-corrected chi connectivity index (χ3v) is 5.48. The molecule has 0 radical (unpaired) electrons. The van der Waals surface area contributed by atoms with E-state index in [9.17, 15) is 4.79 Å². The Morgan fingerprint density at radius 3 is 2.78 bits per heavy atom. The average Bonchev–Trinajstić information content (AvgIpc) is 2.96. The number of carbonyl (C=O) groups is 1. The number of nitrogens with one attached hydrogen (secondary N) is 2. The van der Waals surface area contributed by atoms with Crippen LogP contribution in [0.25, 0.3) is 0 Å². The molecule has 0 fully saturated rings. The van der Waals surface area contributed by atoms with E-state index in [1.165, 1.54) is 34.2 Å². The highest BCUT2D eigenvalue weighted by atomic mass is 32.2. The topological polar surface area (TPSA) is 66.9 Å². The maximum atomic E-state index is 11.8. The minimum atomic E-state index is 0.0308. The second kappa shape index (κ2) is 8.31. The van der Waals surface area contributed by atoms with E-state index in [1.54, 1.807) is 0 Å². The Morgan fingerprint density at radius 2 is 2.09 bits per heavy atom. The first-order valence-corrected chi connectivity index (χ1v) is 9.38. The summed E-state index contributed by atoms with van der Waals surface area (Å²) in [6.07, 6.45) is 0.930. The zero-order valence-electron chi connectivity index (χ0n) is 13.8. The predicted molar refractivity (Wildman–Crippen MR) is 97.7 cm³/mol. The highest BCUT2D eigenvalue weighted by Gasteiger charge is 2.10. The molecule has 1 unspecified atom stereocenters. The van der Waals surface area contributed by atoms with Crippen molar-refractivity contribution < 1.29 is 4.79 Å². The number of aromatic nitrogens is 2. The van der Waals surface area contributed by atoms with Gasteiger partial charge in [-0.1, -0.05) is 36.1 Å². The summed E-state index contributed by atoms with van der Waals surface area (Å²) in [5.74, 6) is 0.394. The van der Waals surface area contributed by atoms with Crippen molar-refractivity contribution in [1.82, 2.24) is 15.5 Å². The highest BCUT2D eigenvalue weighted by Crippen LogP contribution is 2.28. The van der Waals surface area contributed by atoms with Gasteiger partial charge < -0.3 is 10.6 Å². The summed E-state index contributed by atoms with van der Waals surface area (Å²) in [7, 11) is 0. The standard InChI is InChI=1S/C16H22N4OS2/c1-5-12(4)17-14(21)9-22-16-20-19-15(23-16)18-13-7-6-10(2)11(3)8-13/h6-8,12H,5,9H2,1-4H3,(H,17,21)(H,18,19). The number of aryl methyl sites for hydroxylation is 2. The van der Waals surface area contributed by atoms with E-state index >= 15 is 0 Å². The van der Waals surface area contributed by atoms with Crippen molar-refractivity contribution in [2.75, 3.05) is 11.1 Å². The van der Waals surface area contributed by atoms with Gasteiger partial charge >= 0.3 is 0 Å². The van der Waals surface area contributed by atoms with Crippen molar-refractivity contribution in [2.45, 2.75) is 44.5 Å². The van der Waals surface area contributed by atoms with Crippen LogP contribution < -0.4 is 10.6 Å². The molecule has 1 amide bonds. The molecule has 0 saturated carbocycles. The van der Waals surface area contributed by atoms with Crippen LogP contribution in [0.3, 0.4) is 0 Å². The normalized spacial score (nSPS) is 12.0. The number of rotatable bonds is 7. The first-order valence-electron chi connectivity index (χ1n) is 7.58. The van der Waals surface area contributed by atoms with Crippen molar-refractivity contribution >= 4 is 39.8 Å². The van der Waals surface area contributed by atoms with Gasteiger partial charge in [-0.05, 0) is 50.5 Å². The van der Waals surface area contributed by atoms with Crippen molar-refractivity contribution in [3.8, 4) is 0 Å². The van der Waals surface area contributed by atoms with Crippen LogP contribution in [-0.4, -0.2) is 27.9 Å². The predicted octanol–water partition coefficient (Wildman–Crippen LogP) is 3.91. The van der Waals surface area contributed by atoms with Gasteiger partial charge in [0.25, 0.3) is 0 Å². The molecule has 2 N–H and O–H groups in total. The number of carbonyl (C=O) groups excluding carboxylic acids is 1. The molecule has 1 aromatic carbocycles. The molecular formula is C16H22N4OS2. The summed E-state index contributed by atoms with van der Waals surface area (Å²) in [5.41, 5.74) is 3.49. The zero-order chi connectivity index (χ0) is 16.8. The number of thioether (sulfide) groups is 1. The maximum Gasteiger partial charge on any atom is 0.230 e. The van der Waals surface area contributed by atoms with E-state index in [2.05, 4.69) is 46.8 Å². The van der Waals surface area contributed by atoms with Crippen LogP contribution in [0.5, 0.6) is 0 Å². The van der Waals surface area contributed by atoms with Crippen LogP contribution in [0.4, 0.5) is 10.8 Å². The highest BCUT2D eigenvalue weighted by molar-refractivity contribution is 8.01. The van der Waals surface area contributed by atoms with Crippen LogP contribution in [0.15, 0.2) is 22.5 Å². The van der Waals surface area contributed by atoms with Crippen LogP contribution in [-0.2, 0) is 4.79 Å². The Kier molecular flexibility index (Phi) is 6.41. The Labute approximate surface area is 145 Å². The number of hydrogen-bond acceptors (Lipinski definition) is 6. The molecule has 0 bridgehead atoms. The van der Waals surface area contributed by atoms with Gasteiger partial charge in [0, 0.05) is 11.7 Å². The van der Waals surface area contributed by atoms with Crippen molar-refractivity contribution in [3.63, 3.8) is 0 Å². The lowest BCUT2D eigenvalue weighted by Crippen LogP contribution is -2.33. The molecule has 0 aliphatic heterocycles. The summed E-state index contributed by atoms with van der Waals surface area (Å²) in [4.78, 5) is 11.8. The van der Waals surface area contributed by atoms with Crippen LogP contribution in [0.2, 0.25) is 0 Å². The average molecular weight is 351 g/mol. The fourth-order valence-electron chi connectivity index (χ4n) is 1.81. The molecule has 1 aromatic heterocycles. The second-order valence-electron chi connectivity index (χ2n) is 5.46. The van der Waals surface area contributed by atoms with Gasteiger partial charge in [0.1, 0.15) is 0 Å². The lowest BCUT2D eigenvalue weighted by Gasteiger charge is -2.10. The first-order chi connectivity index (χ1) is 11.0. The van der Waals surface area contributed by atoms with Gasteiger partial charge in [-0.3, -0.25) is 4.79 Å². The second-order valence-corrected chi connectivity index (χ2v) is 7.66. The monoisotopic (exact) mass is 350 g/mol. The van der Waals surface area contributed by atoms with E-state index < -0.39 is 0 Å². The smallest absolute Gasteiger partial charge is 0.230 e. The molecule has 1 atom stereocenters. The van der Waals surface area contributed by atoms with Gasteiger partial charge in [0.05, 0.1) is 5.75 Å². The third-order valence-electron chi connectivity index (χ3n) is 3.51. The molecule has 0 saturated heterocycles. The molecule has 0 spiro atoms. The van der Waals surface area contributed by atoms with Crippen LogP contribution in [0.1, 0.15) is 31.4 Å². The number of anilines is 2.